The Bertz CT molecular complexity index is 942. The molecule has 7 heteroatoms. The number of hydrogen-bond donors (Lipinski definition) is 2. The number of halogens is 1. The number of benzene rings is 1. The first kappa shape index (κ1) is 23.9. The minimum absolute atomic E-state index is 0.0915. The van der Waals surface area contributed by atoms with Crippen molar-refractivity contribution in [3.63, 3.8) is 0 Å². The predicted molar refractivity (Wildman–Crippen MR) is 132 cm³/mol. The fourth-order valence-electron chi connectivity index (χ4n) is 7.18. The maximum Gasteiger partial charge on any atom is 0.263 e. The molecule has 5 aliphatic rings. The van der Waals surface area contributed by atoms with Gasteiger partial charge in [0.1, 0.15) is 5.75 Å². The largest absolute Gasteiger partial charge is 0.478 e. The van der Waals surface area contributed by atoms with Crippen LogP contribution in [0.1, 0.15) is 70.8 Å². The minimum Gasteiger partial charge on any atom is -0.478 e. The molecule has 2 unspecified atom stereocenters. The van der Waals surface area contributed by atoms with E-state index in [-0.39, 0.29) is 23.3 Å². The molecular weight excluding hydrogens is 450 g/mol. The van der Waals surface area contributed by atoms with Crippen LogP contribution >= 0.6 is 11.6 Å². The number of carbonyl (C=O) groups excluding carboxylic acids is 2. The van der Waals surface area contributed by atoms with E-state index in [1.54, 1.807) is 6.07 Å². The third kappa shape index (κ3) is 4.56. The zero-order valence-electron chi connectivity index (χ0n) is 20.7. The van der Waals surface area contributed by atoms with E-state index in [9.17, 15) is 9.59 Å². The van der Waals surface area contributed by atoms with Crippen molar-refractivity contribution in [1.29, 1.82) is 0 Å². The molecule has 0 aromatic heterocycles. The van der Waals surface area contributed by atoms with Crippen LogP contribution in [0.4, 0.5) is 0 Å². The predicted octanol–water partition coefficient (Wildman–Crippen LogP) is 4.63. The van der Waals surface area contributed by atoms with E-state index in [1.807, 2.05) is 32.9 Å². The SMILES string of the molecule is Cc1cc(Cl)ccc1OC(C)(C)C(=O)NC1C2CC3CC1CC(C(=O)NN1CCCCC1)(C3)C2. The van der Waals surface area contributed by atoms with Crippen LogP contribution in [-0.4, -0.2) is 41.6 Å². The lowest BCUT2D eigenvalue weighted by molar-refractivity contribution is -0.157. The number of ether oxygens (including phenoxy) is 1. The molecule has 2 atom stereocenters. The van der Waals surface area contributed by atoms with E-state index < -0.39 is 5.60 Å². The molecule has 2 amide bonds. The van der Waals surface area contributed by atoms with Gasteiger partial charge in [0.05, 0.1) is 5.41 Å². The summed E-state index contributed by atoms with van der Waals surface area (Å²) in [5.74, 6) is 2.11. The number of nitrogens with one attached hydrogen (secondary N) is 2. The summed E-state index contributed by atoms with van der Waals surface area (Å²) in [6.07, 6.45) is 8.54. The number of hydrogen-bond acceptors (Lipinski definition) is 4. The van der Waals surface area contributed by atoms with Gasteiger partial charge in [-0.05, 0) is 107 Å². The number of nitrogens with zero attached hydrogens (tertiary/aromatic N) is 1. The lowest BCUT2D eigenvalue weighted by atomic mass is 9.47. The Labute approximate surface area is 208 Å². The molecule has 0 spiro atoms. The molecule has 4 bridgehead atoms. The second-order valence-corrected chi connectivity index (χ2v) is 12.2. The maximum absolute atomic E-state index is 13.4. The van der Waals surface area contributed by atoms with Gasteiger partial charge >= 0.3 is 0 Å². The van der Waals surface area contributed by atoms with Gasteiger partial charge in [0.25, 0.3) is 5.91 Å². The van der Waals surface area contributed by atoms with Crippen molar-refractivity contribution >= 4 is 23.4 Å². The number of piperidine rings is 1. The zero-order chi connectivity index (χ0) is 24.1. The Morgan fingerprint density at radius 3 is 2.41 bits per heavy atom. The highest BCUT2D eigenvalue weighted by Gasteiger charge is 2.59. The highest BCUT2D eigenvalue weighted by Crippen LogP contribution is 2.60. The number of aryl methyl sites for hydroxylation is 1. The summed E-state index contributed by atoms with van der Waals surface area (Å²) < 4.78 is 6.15. The van der Waals surface area contributed by atoms with Crippen molar-refractivity contribution in [2.24, 2.45) is 23.2 Å². The number of rotatable bonds is 6. The van der Waals surface area contributed by atoms with Gasteiger partial charge in [-0.2, -0.15) is 0 Å². The van der Waals surface area contributed by atoms with Crippen LogP contribution in [0.25, 0.3) is 0 Å². The summed E-state index contributed by atoms with van der Waals surface area (Å²) in [7, 11) is 0. The van der Waals surface area contributed by atoms with Crippen molar-refractivity contribution in [2.45, 2.75) is 83.8 Å². The first-order chi connectivity index (χ1) is 16.1. The second kappa shape index (κ2) is 9.02. The van der Waals surface area contributed by atoms with Crippen molar-refractivity contribution in [3.05, 3.63) is 28.8 Å². The number of carbonyl (C=O) groups is 2. The molecule has 2 N–H and O–H groups in total. The van der Waals surface area contributed by atoms with Gasteiger partial charge in [0.15, 0.2) is 5.60 Å². The van der Waals surface area contributed by atoms with Crippen molar-refractivity contribution < 1.29 is 14.3 Å². The molecule has 1 heterocycles. The molecule has 6 rings (SSSR count). The molecule has 0 radical (unpaired) electrons. The summed E-state index contributed by atoms with van der Waals surface area (Å²) in [5.41, 5.74) is 2.91. The van der Waals surface area contributed by atoms with Crippen LogP contribution in [0.3, 0.4) is 0 Å². The fraction of sp³-hybridized carbons (Fsp3) is 0.704. The Kier molecular flexibility index (Phi) is 6.34. The zero-order valence-corrected chi connectivity index (χ0v) is 21.4. The third-order valence-corrected chi connectivity index (χ3v) is 8.95. The van der Waals surface area contributed by atoms with Gasteiger partial charge in [0.2, 0.25) is 5.91 Å². The first-order valence-corrected chi connectivity index (χ1v) is 13.4. The van der Waals surface area contributed by atoms with Gasteiger partial charge in [-0.25, -0.2) is 5.01 Å². The van der Waals surface area contributed by atoms with Gasteiger partial charge in [-0.3, -0.25) is 15.0 Å². The van der Waals surface area contributed by atoms with Crippen LogP contribution in [0.5, 0.6) is 5.75 Å². The van der Waals surface area contributed by atoms with E-state index in [1.165, 1.54) is 6.42 Å². The summed E-state index contributed by atoms with van der Waals surface area (Å²) >= 11 is 6.07. The van der Waals surface area contributed by atoms with Crippen LogP contribution in [0.2, 0.25) is 5.02 Å². The summed E-state index contributed by atoms with van der Waals surface area (Å²) in [5, 5.41) is 6.14. The summed E-state index contributed by atoms with van der Waals surface area (Å²) in [6.45, 7) is 7.49. The van der Waals surface area contributed by atoms with Crippen molar-refractivity contribution in [1.82, 2.24) is 15.8 Å². The number of amides is 2. The van der Waals surface area contributed by atoms with E-state index in [0.29, 0.717) is 28.5 Å². The van der Waals surface area contributed by atoms with Gasteiger partial charge in [-0.15, -0.1) is 0 Å². The molecule has 1 aromatic carbocycles. The van der Waals surface area contributed by atoms with Gasteiger partial charge in [-0.1, -0.05) is 18.0 Å². The van der Waals surface area contributed by atoms with Gasteiger partial charge < -0.3 is 10.1 Å². The smallest absolute Gasteiger partial charge is 0.263 e. The molecule has 186 valence electrons. The monoisotopic (exact) mass is 487 g/mol. The Morgan fingerprint density at radius 1 is 1.09 bits per heavy atom. The van der Waals surface area contributed by atoms with E-state index in [0.717, 1.165) is 63.6 Å². The van der Waals surface area contributed by atoms with Crippen molar-refractivity contribution in [2.75, 3.05) is 13.1 Å². The summed E-state index contributed by atoms with van der Waals surface area (Å²) in [6, 6.07) is 5.57. The molecule has 1 aliphatic heterocycles. The Balaban J connectivity index is 1.25. The molecular formula is C27H38ClN3O3. The molecule has 5 fully saturated rings. The minimum atomic E-state index is -1.00. The Morgan fingerprint density at radius 2 is 1.76 bits per heavy atom. The first-order valence-electron chi connectivity index (χ1n) is 13.0. The number of hydrazine groups is 1. The average Bonchev–Trinajstić information content (AvgIpc) is 2.78. The highest BCUT2D eigenvalue weighted by molar-refractivity contribution is 6.30. The maximum atomic E-state index is 13.4. The standard InChI is InChI=1S/C27H38ClN3O3/c1-17-11-21(28)7-8-22(17)34-26(2,3)24(32)29-23-19-12-18-13-20(23)16-27(14-18,15-19)25(33)30-31-9-5-4-6-10-31/h7-8,11,18-20,23H,4-6,9-10,12-16H2,1-3H3,(H,29,32)(H,30,33). The Hall–Kier alpha value is -1.79. The second-order valence-electron chi connectivity index (χ2n) is 11.8. The van der Waals surface area contributed by atoms with E-state index in [4.69, 9.17) is 16.3 Å². The third-order valence-electron chi connectivity index (χ3n) is 8.72. The molecule has 34 heavy (non-hydrogen) atoms. The normalized spacial score (nSPS) is 32.9. The van der Waals surface area contributed by atoms with Crippen LogP contribution in [0.15, 0.2) is 18.2 Å². The van der Waals surface area contributed by atoms with E-state index >= 15 is 0 Å². The van der Waals surface area contributed by atoms with Gasteiger partial charge in [0, 0.05) is 24.2 Å². The van der Waals surface area contributed by atoms with E-state index in [2.05, 4.69) is 15.8 Å². The summed E-state index contributed by atoms with van der Waals surface area (Å²) in [4.78, 5) is 26.8. The topological polar surface area (TPSA) is 70.7 Å². The average molecular weight is 488 g/mol. The quantitative estimate of drug-likeness (QED) is 0.613. The van der Waals surface area contributed by atoms with Crippen LogP contribution < -0.4 is 15.5 Å². The molecule has 1 aromatic rings. The molecule has 4 aliphatic carbocycles. The molecule has 4 saturated carbocycles. The molecule has 1 saturated heterocycles. The molecule has 6 nitrogen and oxygen atoms in total. The highest BCUT2D eigenvalue weighted by atomic mass is 35.5. The lowest BCUT2D eigenvalue weighted by Crippen LogP contribution is -2.65. The fourth-order valence-corrected chi connectivity index (χ4v) is 7.41. The van der Waals surface area contributed by atoms with Crippen molar-refractivity contribution in [3.8, 4) is 5.75 Å². The lowest BCUT2D eigenvalue weighted by Gasteiger charge is -2.59. The van der Waals surface area contributed by atoms with Crippen LogP contribution in [-0.2, 0) is 9.59 Å². The van der Waals surface area contributed by atoms with Crippen LogP contribution in [0, 0.1) is 30.1 Å².